The minimum Gasteiger partial charge on any atom is -0.295 e. The van der Waals surface area contributed by atoms with Crippen LogP contribution >= 0.6 is 0 Å². The molecule has 1 nitrogen and oxygen atoms in total. The SMILES string of the molecule is CC(C)N1CCCC=CC1C. The molecule has 1 atom stereocenters. The van der Waals surface area contributed by atoms with Crippen molar-refractivity contribution in [1.29, 1.82) is 0 Å². The minimum absolute atomic E-state index is 0.637. The van der Waals surface area contributed by atoms with E-state index in [1.807, 2.05) is 0 Å². The second-order valence-corrected chi connectivity index (χ2v) is 3.64. The lowest BCUT2D eigenvalue weighted by atomic mass is 10.2. The van der Waals surface area contributed by atoms with E-state index in [2.05, 4.69) is 37.8 Å². The molecule has 64 valence electrons. The first-order valence-electron chi connectivity index (χ1n) is 4.64. The Bertz CT molecular complexity index is 138. The van der Waals surface area contributed by atoms with E-state index >= 15 is 0 Å². The van der Waals surface area contributed by atoms with E-state index in [0.29, 0.717) is 12.1 Å². The predicted octanol–water partition coefficient (Wildman–Crippen LogP) is 2.44. The van der Waals surface area contributed by atoms with Gasteiger partial charge in [0.2, 0.25) is 0 Å². The van der Waals surface area contributed by atoms with Gasteiger partial charge in [-0.3, -0.25) is 4.90 Å². The summed E-state index contributed by atoms with van der Waals surface area (Å²) in [7, 11) is 0. The van der Waals surface area contributed by atoms with Gasteiger partial charge in [0.1, 0.15) is 0 Å². The lowest BCUT2D eigenvalue weighted by Gasteiger charge is -2.29. The molecule has 0 saturated carbocycles. The zero-order chi connectivity index (χ0) is 8.27. The summed E-state index contributed by atoms with van der Waals surface area (Å²) in [5.41, 5.74) is 0. The fourth-order valence-electron chi connectivity index (χ4n) is 1.73. The van der Waals surface area contributed by atoms with Crippen molar-refractivity contribution in [3.05, 3.63) is 12.2 Å². The molecule has 1 rings (SSSR count). The second kappa shape index (κ2) is 3.91. The maximum Gasteiger partial charge on any atom is 0.0252 e. The number of allylic oxidation sites excluding steroid dienone is 1. The highest BCUT2D eigenvalue weighted by Crippen LogP contribution is 2.12. The van der Waals surface area contributed by atoms with Crippen LogP contribution in [0.15, 0.2) is 12.2 Å². The van der Waals surface area contributed by atoms with Crippen LogP contribution in [0.4, 0.5) is 0 Å². The maximum atomic E-state index is 2.55. The minimum atomic E-state index is 0.637. The van der Waals surface area contributed by atoms with Crippen LogP contribution < -0.4 is 0 Å². The third kappa shape index (κ3) is 2.33. The van der Waals surface area contributed by atoms with Gasteiger partial charge in [0.05, 0.1) is 0 Å². The maximum absolute atomic E-state index is 2.55. The van der Waals surface area contributed by atoms with Crippen molar-refractivity contribution in [3.8, 4) is 0 Å². The average molecular weight is 153 g/mol. The standard InChI is InChI=1S/C10H19N/c1-9(2)11-8-6-4-5-7-10(11)3/h5,7,9-10H,4,6,8H2,1-3H3. The molecule has 1 unspecified atom stereocenters. The molecule has 1 heteroatoms. The molecule has 0 fully saturated rings. The summed E-state index contributed by atoms with van der Waals surface area (Å²) in [6.07, 6.45) is 7.21. The van der Waals surface area contributed by atoms with Crippen LogP contribution in [0.1, 0.15) is 33.6 Å². The van der Waals surface area contributed by atoms with Crippen molar-refractivity contribution in [3.63, 3.8) is 0 Å². The molecule has 0 bridgehead atoms. The molecule has 0 aromatic carbocycles. The zero-order valence-corrected chi connectivity index (χ0v) is 7.88. The first kappa shape index (κ1) is 8.79. The monoisotopic (exact) mass is 153 g/mol. The van der Waals surface area contributed by atoms with Crippen LogP contribution in [-0.4, -0.2) is 23.5 Å². The second-order valence-electron chi connectivity index (χ2n) is 3.64. The third-order valence-corrected chi connectivity index (χ3v) is 2.39. The fraction of sp³-hybridized carbons (Fsp3) is 0.800. The van der Waals surface area contributed by atoms with Crippen LogP contribution in [0.25, 0.3) is 0 Å². The molecule has 0 radical (unpaired) electrons. The van der Waals surface area contributed by atoms with Crippen molar-refractivity contribution in [1.82, 2.24) is 4.90 Å². The molecule has 0 N–H and O–H groups in total. The summed E-state index contributed by atoms with van der Waals surface area (Å²) < 4.78 is 0. The van der Waals surface area contributed by atoms with Gasteiger partial charge in [-0.1, -0.05) is 12.2 Å². The highest BCUT2D eigenvalue weighted by molar-refractivity contribution is 4.95. The molecule has 0 aromatic heterocycles. The molecular weight excluding hydrogens is 134 g/mol. The molecule has 1 aliphatic heterocycles. The van der Waals surface area contributed by atoms with Crippen LogP contribution in [0.3, 0.4) is 0 Å². The Morgan fingerprint density at radius 2 is 2.18 bits per heavy atom. The molecule has 11 heavy (non-hydrogen) atoms. The Hall–Kier alpha value is -0.300. The summed E-state index contributed by atoms with van der Waals surface area (Å²) in [6.45, 7) is 8.08. The van der Waals surface area contributed by atoms with Crippen LogP contribution in [0.5, 0.6) is 0 Å². The predicted molar refractivity (Wildman–Crippen MR) is 49.7 cm³/mol. The average Bonchev–Trinajstić information content (AvgIpc) is 2.13. The van der Waals surface area contributed by atoms with Crippen molar-refractivity contribution in [2.75, 3.05) is 6.54 Å². The molecule has 1 aliphatic rings. The van der Waals surface area contributed by atoms with Crippen LogP contribution in [-0.2, 0) is 0 Å². The topological polar surface area (TPSA) is 3.24 Å². The van der Waals surface area contributed by atoms with E-state index in [4.69, 9.17) is 0 Å². The summed E-state index contributed by atoms with van der Waals surface area (Å²) in [5, 5.41) is 0. The Labute approximate surface area is 70.1 Å². The normalized spacial score (nSPS) is 27.5. The van der Waals surface area contributed by atoms with Gasteiger partial charge in [-0.25, -0.2) is 0 Å². The van der Waals surface area contributed by atoms with E-state index < -0.39 is 0 Å². The van der Waals surface area contributed by atoms with Gasteiger partial charge in [-0.15, -0.1) is 0 Å². The molecule has 0 saturated heterocycles. The zero-order valence-electron chi connectivity index (χ0n) is 7.88. The molecule has 1 heterocycles. The number of hydrogen-bond donors (Lipinski definition) is 0. The van der Waals surface area contributed by atoms with E-state index in [1.54, 1.807) is 0 Å². The van der Waals surface area contributed by atoms with Gasteiger partial charge in [0.25, 0.3) is 0 Å². The Morgan fingerprint density at radius 3 is 2.82 bits per heavy atom. The molecular formula is C10H19N. The van der Waals surface area contributed by atoms with E-state index in [9.17, 15) is 0 Å². The van der Waals surface area contributed by atoms with Crippen LogP contribution in [0, 0.1) is 0 Å². The summed E-state index contributed by atoms with van der Waals surface area (Å²) in [6, 6.07) is 1.32. The lowest BCUT2D eigenvalue weighted by molar-refractivity contribution is 0.194. The first-order chi connectivity index (χ1) is 5.22. The molecule has 0 aromatic rings. The lowest BCUT2D eigenvalue weighted by Crippen LogP contribution is -2.37. The van der Waals surface area contributed by atoms with Gasteiger partial charge in [0.15, 0.2) is 0 Å². The number of rotatable bonds is 1. The highest BCUT2D eigenvalue weighted by Gasteiger charge is 2.15. The fourth-order valence-corrected chi connectivity index (χ4v) is 1.73. The summed E-state index contributed by atoms with van der Waals surface area (Å²) >= 11 is 0. The van der Waals surface area contributed by atoms with E-state index in [-0.39, 0.29) is 0 Å². The van der Waals surface area contributed by atoms with Crippen LogP contribution in [0.2, 0.25) is 0 Å². The summed E-state index contributed by atoms with van der Waals surface area (Å²) in [5.74, 6) is 0. The van der Waals surface area contributed by atoms with E-state index in [1.165, 1.54) is 19.4 Å². The van der Waals surface area contributed by atoms with Gasteiger partial charge in [0, 0.05) is 12.1 Å². The molecule has 0 spiro atoms. The Balaban J connectivity index is 2.55. The van der Waals surface area contributed by atoms with Crippen molar-refractivity contribution in [2.24, 2.45) is 0 Å². The first-order valence-corrected chi connectivity index (χ1v) is 4.64. The molecule has 0 aliphatic carbocycles. The van der Waals surface area contributed by atoms with Gasteiger partial charge in [-0.2, -0.15) is 0 Å². The van der Waals surface area contributed by atoms with Gasteiger partial charge < -0.3 is 0 Å². The van der Waals surface area contributed by atoms with Gasteiger partial charge in [-0.05, 0) is 40.2 Å². The highest BCUT2D eigenvalue weighted by atomic mass is 15.2. The quantitative estimate of drug-likeness (QED) is 0.523. The Morgan fingerprint density at radius 1 is 1.45 bits per heavy atom. The van der Waals surface area contributed by atoms with Crippen molar-refractivity contribution in [2.45, 2.75) is 45.7 Å². The summed E-state index contributed by atoms with van der Waals surface area (Å²) in [4.78, 5) is 2.55. The van der Waals surface area contributed by atoms with Crippen molar-refractivity contribution >= 4 is 0 Å². The van der Waals surface area contributed by atoms with Crippen molar-refractivity contribution < 1.29 is 0 Å². The number of hydrogen-bond acceptors (Lipinski definition) is 1. The smallest absolute Gasteiger partial charge is 0.0252 e. The molecule has 0 amide bonds. The third-order valence-electron chi connectivity index (χ3n) is 2.39. The van der Waals surface area contributed by atoms with E-state index in [0.717, 1.165) is 0 Å². The van der Waals surface area contributed by atoms with Gasteiger partial charge >= 0.3 is 0 Å². The Kier molecular flexibility index (Phi) is 3.13. The number of nitrogens with zero attached hydrogens (tertiary/aromatic N) is 1. The largest absolute Gasteiger partial charge is 0.295 e.